The molecule has 0 spiro atoms. The zero-order valence-electron chi connectivity index (χ0n) is 10.4. The highest BCUT2D eigenvalue weighted by molar-refractivity contribution is 7.99. The van der Waals surface area contributed by atoms with Crippen LogP contribution in [0.4, 0.5) is 11.4 Å². The van der Waals surface area contributed by atoms with Crippen LogP contribution in [0, 0.1) is 6.92 Å². The third-order valence-electron chi connectivity index (χ3n) is 2.23. The number of carbonyl (C=O) groups excluding carboxylic acids is 1. The van der Waals surface area contributed by atoms with Gasteiger partial charge in [-0.25, -0.2) is 0 Å². The molecule has 7 heteroatoms. The number of nitrogens with one attached hydrogen (secondary N) is 1. The minimum absolute atomic E-state index is 0.0747. The zero-order valence-corrected chi connectivity index (χ0v) is 11.2. The lowest BCUT2D eigenvalue weighted by Crippen LogP contribution is -2.12. The summed E-state index contributed by atoms with van der Waals surface area (Å²) in [6.07, 6.45) is 0.362. The van der Waals surface area contributed by atoms with E-state index in [4.69, 9.17) is 10.2 Å². The number of rotatable bonds is 5. The highest BCUT2D eigenvalue weighted by Crippen LogP contribution is 2.17. The summed E-state index contributed by atoms with van der Waals surface area (Å²) in [4.78, 5) is 11.7. The van der Waals surface area contributed by atoms with Gasteiger partial charge in [0.15, 0.2) is 0 Å². The van der Waals surface area contributed by atoms with E-state index in [1.54, 1.807) is 31.2 Å². The highest BCUT2D eigenvalue weighted by atomic mass is 32.2. The summed E-state index contributed by atoms with van der Waals surface area (Å²) in [5, 5.41) is 10.8. The number of carbonyl (C=O) groups is 1. The molecule has 100 valence electrons. The smallest absolute Gasteiger partial charge is 0.276 e. The average molecular weight is 278 g/mol. The maximum atomic E-state index is 11.7. The van der Waals surface area contributed by atoms with E-state index in [2.05, 4.69) is 15.5 Å². The average Bonchev–Trinajstić information content (AvgIpc) is 2.75. The van der Waals surface area contributed by atoms with Crippen molar-refractivity contribution in [3.05, 3.63) is 30.2 Å². The Bertz CT molecular complexity index is 570. The molecule has 2 rings (SSSR count). The number of benzene rings is 1. The SMILES string of the molecule is Cc1nnc(SCCC(=O)Nc2cccc(N)c2)o1. The van der Waals surface area contributed by atoms with E-state index in [9.17, 15) is 4.79 Å². The van der Waals surface area contributed by atoms with Crippen LogP contribution in [0.15, 0.2) is 33.9 Å². The van der Waals surface area contributed by atoms with Gasteiger partial charge in [0, 0.05) is 30.5 Å². The molecule has 0 aliphatic carbocycles. The second-order valence-electron chi connectivity index (χ2n) is 3.86. The Labute approximate surface area is 114 Å². The number of nitrogen functional groups attached to an aromatic ring is 1. The Hall–Kier alpha value is -2.02. The number of amides is 1. The van der Waals surface area contributed by atoms with E-state index in [1.165, 1.54) is 11.8 Å². The van der Waals surface area contributed by atoms with Crippen molar-refractivity contribution in [3.8, 4) is 0 Å². The van der Waals surface area contributed by atoms with Crippen molar-refractivity contribution in [2.24, 2.45) is 0 Å². The van der Waals surface area contributed by atoms with Crippen LogP contribution in [0.25, 0.3) is 0 Å². The number of thioether (sulfide) groups is 1. The van der Waals surface area contributed by atoms with Crippen LogP contribution < -0.4 is 11.1 Å². The normalized spacial score (nSPS) is 10.4. The lowest BCUT2D eigenvalue weighted by atomic mass is 10.3. The fraction of sp³-hybridized carbons (Fsp3) is 0.250. The first-order valence-corrected chi connectivity index (χ1v) is 6.70. The van der Waals surface area contributed by atoms with E-state index < -0.39 is 0 Å². The van der Waals surface area contributed by atoms with Crippen LogP contribution in [-0.4, -0.2) is 21.9 Å². The summed E-state index contributed by atoms with van der Waals surface area (Å²) in [5.74, 6) is 1.02. The van der Waals surface area contributed by atoms with Crippen LogP contribution in [0.2, 0.25) is 0 Å². The Kier molecular flexibility index (Phi) is 4.40. The Morgan fingerprint density at radius 2 is 2.32 bits per heavy atom. The van der Waals surface area contributed by atoms with Gasteiger partial charge in [-0.15, -0.1) is 10.2 Å². The lowest BCUT2D eigenvalue weighted by molar-refractivity contribution is -0.115. The number of aryl methyl sites for hydroxylation is 1. The molecule has 6 nitrogen and oxygen atoms in total. The van der Waals surface area contributed by atoms with Crippen LogP contribution in [0.1, 0.15) is 12.3 Å². The number of hydrogen-bond donors (Lipinski definition) is 2. The van der Waals surface area contributed by atoms with Crippen LogP contribution in [0.3, 0.4) is 0 Å². The van der Waals surface area contributed by atoms with E-state index >= 15 is 0 Å². The molecule has 0 fully saturated rings. The second kappa shape index (κ2) is 6.24. The maximum Gasteiger partial charge on any atom is 0.276 e. The van der Waals surface area contributed by atoms with Crippen LogP contribution in [0.5, 0.6) is 0 Å². The van der Waals surface area contributed by atoms with Gasteiger partial charge in [-0.05, 0) is 18.2 Å². The summed E-state index contributed by atoms with van der Waals surface area (Å²) >= 11 is 1.36. The molecule has 19 heavy (non-hydrogen) atoms. The molecule has 0 aliphatic rings. The molecule has 2 aromatic rings. The largest absolute Gasteiger partial charge is 0.416 e. The van der Waals surface area contributed by atoms with Crippen molar-refractivity contribution in [3.63, 3.8) is 0 Å². The first kappa shape index (κ1) is 13.4. The van der Waals surface area contributed by atoms with Gasteiger partial charge in [0.2, 0.25) is 11.8 Å². The van der Waals surface area contributed by atoms with Gasteiger partial charge in [0.1, 0.15) is 0 Å². The van der Waals surface area contributed by atoms with Crippen molar-refractivity contribution in [2.75, 3.05) is 16.8 Å². The second-order valence-corrected chi connectivity index (χ2v) is 4.91. The Morgan fingerprint density at radius 3 is 3.00 bits per heavy atom. The summed E-state index contributed by atoms with van der Waals surface area (Å²) in [7, 11) is 0. The Balaban J connectivity index is 1.76. The summed E-state index contributed by atoms with van der Waals surface area (Å²) < 4.78 is 5.19. The van der Waals surface area contributed by atoms with Gasteiger partial charge >= 0.3 is 0 Å². The number of aromatic nitrogens is 2. The van der Waals surface area contributed by atoms with Crippen LogP contribution in [-0.2, 0) is 4.79 Å². The number of anilines is 2. The van der Waals surface area contributed by atoms with Crippen molar-refractivity contribution < 1.29 is 9.21 Å². The maximum absolute atomic E-state index is 11.7. The molecule has 0 bridgehead atoms. The highest BCUT2D eigenvalue weighted by Gasteiger charge is 2.06. The number of nitrogens with two attached hydrogens (primary N) is 1. The fourth-order valence-electron chi connectivity index (χ4n) is 1.41. The first-order valence-electron chi connectivity index (χ1n) is 5.72. The lowest BCUT2D eigenvalue weighted by Gasteiger charge is -2.04. The summed E-state index contributed by atoms with van der Waals surface area (Å²) in [6.45, 7) is 1.73. The fourth-order valence-corrected chi connectivity index (χ4v) is 2.15. The molecule has 3 N–H and O–H groups in total. The van der Waals surface area contributed by atoms with Crippen LogP contribution >= 0.6 is 11.8 Å². The standard InChI is InChI=1S/C12H14N4O2S/c1-8-15-16-12(18-8)19-6-5-11(17)14-10-4-2-3-9(13)7-10/h2-4,7H,5-6,13H2,1H3,(H,14,17). The quantitative estimate of drug-likeness (QED) is 0.642. The van der Waals surface area contributed by atoms with Gasteiger partial charge in [-0.2, -0.15) is 0 Å². The van der Waals surface area contributed by atoms with Crippen molar-refractivity contribution >= 4 is 29.0 Å². The first-order chi connectivity index (χ1) is 9.13. The predicted molar refractivity (Wildman–Crippen MR) is 73.9 cm³/mol. The monoisotopic (exact) mass is 278 g/mol. The molecule has 0 saturated carbocycles. The molecule has 0 saturated heterocycles. The molecule has 0 unspecified atom stereocenters. The van der Waals surface area contributed by atoms with Gasteiger partial charge < -0.3 is 15.5 Å². The molecule has 0 aliphatic heterocycles. The third-order valence-corrected chi connectivity index (χ3v) is 3.05. The predicted octanol–water partition coefficient (Wildman–Crippen LogP) is 2.08. The molecular weight excluding hydrogens is 264 g/mol. The third kappa shape index (κ3) is 4.29. The zero-order chi connectivity index (χ0) is 13.7. The van der Waals surface area contributed by atoms with Gasteiger partial charge in [-0.1, -0.05) is 17.8 Å². The van der Waals surface area contributed by atoms with Gasteiger partial charge in [0.25, 0.3) is 5.22 Å². The van der Waals surface area contributed by atoms with Gasteiger partial charge in [-0.3, -0.25) is 4.79 Å². The minimum Gasteiger partial charge on any atom is -0.416 e. The van der Waals surface area contributed by atoms with Crippen molar-refractivity contribution in [1.29, 1.82) is 0 Å². The molecule has 1 aromatic carbocycles. The molecule has 1 amide bonds. The van der Waals surface area contributed by atoms with E-state index in [-0.39, 0.29) is 5.91 Å². The number of hydrogen-bond acceptors (Lipinski definition) is 6. The molecular formula is C12H14N4O2S. The van der Waals surface area contributed by atoms with E-state index in [1.807, 2.05) is 0 Å². The van der Waals surface area contributed by atoms with Gasteiger partial charge in [0.05, 0.1) is 0 Å². The Morgan fingerprint density at radius 1 is 1.47 bits per heavy atom. The van der Waals surface area contributed by atoms with E-state index in [0.29, 0.717) is 34.7 Å². The summed E-state index contributed by atoms with van der Waals surface area (Å²) in [6, 6.07) is 7.07. The van der Waals surface area contributed by atoms with E-state index in [0.717, 1.165) is 0 Å². The van der Waals surface area contributed by atoms with Crippen molar-refractivity contribution in [2.45, 2.75) is 18.6 Å². The molecule has 1 aromatic heterocycles. The molecule has 0 atom stereocenters. The minimum atomic E-state index is -0.0747. The summed E-state index contributed by atoms with van der Waals surface area (Å²) in [5.41, 5.74) is 6.95. The topological polar surface area (TPSA) is 94.0 Å². The molecule has 0 radical (unpaired) electrons. The molecule has 1 heterocycles. The van der Waals surface area contributed by atoms with Crippen molar-refractivity contribution in [1.82, 2.24) is 10.2 Å². The number of nitrogens with zero attached hydrogens (tertiary/aromatic N) is 2.